The Morgan fingerprint density at radius 3 is 2.50 bits per heavy atom. The molecule has 98 valence electrons. The van der Waals surface area contributed by atoms with Crippen LogP contribution in [-0.4, -0.2) is 15.0 Å². The molecular weight excluding hydrogens is 256 g/mol. The Morgan fingerprint density at radius 2 is 1.80 bits per heavy atom. The third-order valence-electron chi connectivity index (χ3n) is 3.13. The molecule has 1 heterocycles. The van der Waals surface area contributed by atoms with Gasteiger partial charge in [0.25, 0.3) is 0 Å². The number of nitro groups is 1. The number of hydrogen-bond acceptors (Lipinski definition) is 4. The molecule has 1 N–H and O–H groups in total. The normalized spacial score (nSPS) is 10.6. The lowest BCUT2D eigenvalue weighted by Gasteiger charge is -2.05. The Bertz CT molecular complexity index is 801. The molecule has 0 unspecified atom stereocenters. The number of benzene rings is 2. The molecule has 5 heteroatoms. The van der Waals surface area contributed by atoms with E-state index < -0.39 is 4.92 Å². The number of hydrogen-bond donors (Lipinski definition) is 1. The molecule has 20 heavy (non-hydrogen) atoms. The van der Waals surface area contributed by atoms with E-state index in [4.69, 9.17) is 0 Å². The molecule has 0 aliphatic rings. The van der Waals surface area contributed by atoms with Crippen molar-refractivity contribution < 1.29 is 10.0 Å². The van der Waals surface area contributed by atoms with Gasteiger partial charge in [0.15, 0.2) is 0 Å². The van der Waals surface area contributed by atoms with Gasteiger partial charge in [-0.3, -0.25) is 10.1 Å². The molecule has 0 aliphatic carbocycles. The quantitative estimate of drug-likeness (QED) is 0.568. The fourth-order valence-electron chi connectivity index (χ4n) is 2.11. The molecule has 0 saturated carbocycles. The van der Waals surface area contributed by atoms with Crippen molar-refractivity contribution in [2.75, 3.05) is 0 Å². The Hall–Kier alpha value is -2.95. The van der Waals surface area contributed by atoms with Crippen LogP contribution in [0.2, 0.25) is 0 Å². The van der Waals surface area contributed by atoms with E-state index in [9.17, 15) is 15.2 Å². The van der Waals surface area contributed by atoms with Crippen LogP contribution < -0.4 is 0 Å². The van der Waals surface area contributed by atoms with Crippen molar-refractivity contribution in [3.05, 3.63) is 64.8 Å². The fourth-order valence-corrected chi connectivity index (χ4v) is 2.11. The zero-order valence-electron chi connectivity index (χ0n) is 10.4. The van der Waals surface area contributed by atoms with Gasteiger partial charge in [-0.2, -0.15) is 0 Å². The molecule has 0 spiro atoms. The van der Waals surface area contributed by atoms with Crippen LogP contribution in [-0.2, 0) is 0 Å². The highest BCUT2D eigenvalue weighted by Crippen LogP contribution is 2.34. The van der Waals surface area contributed by atoms with Gasteiger partial charge in [-0.05, 0) is 23.3 Å². The molecule has 0 bridgehead atoms. The highest BCUT2D eigenvalue weighted by atomic mass is 16.6. The highest BCUT2D eigenvalue weighted by molar-refractivity contribution is 5.91. The van der Waals surface area contributed by atoms with Gasteiger partial charge in [0, 0.05) is 5.39 Å². The maximum absolute atomic E-state index is 10.8. The number of fused-ring (bicyclic) bond motifs is 1. The first-order valence-corrected chi connectivity index (χ1v) is 5.98. The first-order chi connectivity index (χ1) is 9.66. The van der Waals surface area contributed by atoms with Crippen LogP contribution in [0.5, 0.6) is 5.75 Å². The fraction of sp³-hybridized carbons (Fsp3) is 0. The second kappa shape index (κ2) is 4.62. The van der Waals surface area contributed by atoms with Crippen molar-refractivity contribution in [2.24, 2.45) is 0 Å². The summed E-state index contributed by atoms with van der Waals surface area (Å²) in [6.07, 6.45) is 1.08. The van der Waals surface area contributed by atoms with E-state index in [1.54, 1.807) is 12.1 Å². The summed E-state index contributed by atoms with van der Waals surface area (Å²) < 4.78 is 0. The first kappa shape index (κ1) is 12.1. The minimum atomic E-state index is -0.646. The first-order valence-electron chi connectivity index (χ1n) is 5.98. The van der Waals surface area contributed by atoms with Crippen LogP contribution in [0.25, 0.3) is 22.0 Å². The van der Waals surface area contributed by atoms with E-state index in [1.165, 1.54) is 0 Å². The van der Waals surface area contributed by atoms with E-state index in [0.29, 0.717) is 10.9 Å². The molecular formula is C15H10N2O3. The molecule has 0 saturated heterocycles. The van der Waals surface area contributed by atoms with Gasteiger partial charge >= 0.3 is 5.69 Å². The van der Waals surface area contributed by atoms with E-state index in [-0.39, 0.29) is 11.4 Å². The second-order valence-electron chi connectivity index (χ2n) is 4.35. The molecule has 2 aromatic carbocycles. The summed E-state index contributed by atoms with van der Waals surface area (Å²) in [6, 6.07) is 15.0. The van der Waals surface area contributed by atoms with Crippen molar-refractivity contribution in [2.45, 2.75) is 0 Å². The van der Waals surface area contributed by atoms with E-state index >= 15 is 0 Å². The zero-order chi connectivity index (χ0) is 14.1. The summed E-state index contributed by atoms with van der Waals surface area (Å²) in [5.41, 5.74) is 2.10. The molecule has 0 radical (unpaired) electrons. The Labute approximate surface area is 114 Å². The Morgan fingerprint density at radius 1 is 1.05 bits per heavy atom. The summed E-state index contributed by atoms with van der Waals surface area (Å²) >= 11 is 0. The molecule has 1 aromatic heterocycles. The number of rotatable bonds is 2. The number of aromatic nitrogens is 1. The topological polar surface area (TPSA) is 76.3 Å². The predicted molar refractivity (Wildman–Crippen MR) is 75.5 cm³/mol. The average Bonchev–Trinajstić information content (AvgIpc) is 2.48. The number of pyridine rings is 1. The molecule has 0 amide bonds. The van der Waals surface area contributed by atoms with Crippen molar-refractivity contribution >= 4 is 16.6 Å². The SMILES string of the molecule is O=[N+]([O-])c1cnc2cc(-c3ccccc3)ccc2c1O. The largest absolute Gasteiger partial charge is 0.502 e. The molecule has 0 aliphatic heterocycles. The van der Waals surface area contributed by atoms with Gasteiger partial charge in [0.05, 0.1) is 10.4 Å². The Kier molecular flexibility index (Phi) is 2.80. The van der Waals surface area contributed by atoms with Gasteiger partial charge in [-0.1, -0.05) is 36.4 Å². The molecule has 0 atom stereocenters. The van der Waals surface area contributed by atoms with Gasteiger partial charge in [-0.25, -0.2) is 4.98 Å². The van der Waals surface area contributed by atoms with Gasteiger partial charge in [0.2, 0.25) is 5.75 Å². The monoisotopic (exact) mass is 266 g/mol. The van der Waals surface area contributed by atoms with Crippen molar-refractivity contribution in [3.8, 4) is 16.9 Å². The average molecular weight is 266 g/mol. The summed E-state index contributed by atoms with van der Waals surface area (Å²) in [4.78, 5) is 14.2. The second-order valence-corrected chi connectivity index (χ2v) is 4.35. The summed E-state index contributed by atoms with van der Waals surface area (Å²) in [6.45, 7) is 0. The molecule has 0 fully saturated rings. The van der Waals surface area contributed by atoms with E-state index in [2.05, 4.69) is 4.98 Å². The zero-order valence-corrected chi connectivity index (χ0v) is 10.4. The summed E-state index contributed by atoms with van der Waals surface area (Å²) in [5.74, 6) is -0.348. The minimum absolute atomic E-state index is 0.348. The van der Waals surface area contributed by atoms with Gasteiger partial charge in [-0.15, -0.1) is 0 Å². The van der Waals surface area contributed by atoms with Crippen LogP contribution in [0.3, 0.4) is 0 Å². The maximum atomic E-state index is 10.8. The lowest BCUT2D eigenvalue weighted by atomic mass is 10.0. The lowest BCUT2D eigenvalue weighted by molar-refractivity contribution is -0.386. The summed E-state index contributed by atoms with van der Waals surface area (Å²) in [5, 5.41) is 21.0. The van der Waals surface area contributed by atoms with Gasteiger partial charge in [0.1, 0.15) is 6.20 Å². The van der Waals surface area contributed by atoms with E-state index in [1.807, 2.05) is 36.4 Å². The van der Waals surface area contributed by atoms with Crippen LogP contribution in [0.4, 0.5) is 5.69 Å². The van der Waals surface area contributed by atoms with E-state index in [0.717, 1.165) is 17.3 Å². The van der Waals surface area contributed by atoms with Crippen LogP contribution in [0.15, 0.2) is 54.7 Å². The predicted octanol–water partition coefficient (Wildman–Crippen LogP) is 3.52. The third-order valence-corrected chi connectivity index (χ3v) is 3.13. The number of nitrogens with zero attached hydrogens (tertiary/aromatic N) is 2. The Balaban J connectivity index is 2.19. The van der Waals surface area contributed by atoms with Crippen molar-refractivity contribution in [1.82, 2.24) is 4.98 Å². The molecule has 5 nitrogen and oxygen atoms in total. The smallest absolute Gasteiger partial charge is 0.329 e. The highest BCUT2D eigenvalue weighted by Gasteiger charge is 2.17. The number of aromatic hydroxyl groups is 1. The molecule has 3 rings (SSSR count). The van der Waals surface area contributed by atoms with Gasteiger partial charge < -0.3 is 5.11 Å². The van der Waals surface area contributed by atoms with Crippen molar-refractivity contribution in [1.29, 1.82) is 0 Å². The van der Waals surface area contributed by atoms with Crippen LogP contribution in [0.1, 0.15) is 0 Å². The maximum Gasteiger partial charge on any atom is 0.329 e. The van der Waals surface area contributed by atoms with Crippen molar-refractivity contribution in [3.63, 3.8) is 0 Å². The molecule has 3 aromatic rings. The lowest BCUT2D eigenvalue weighted by Crippen LogP contribution is -1.91. The summed E-state index contributed by atoms with van der Waals surface area (Å²) in [7, 11) is 0. The van der Waals surface area contributed by atoms with Crippen LogP contribution >= 0.6 is 0 Å². The van der Waals surface area contributed by atoms with Crippen LogP contribution in [0, 0.1) is 10.1 Å². The minimum Gasteiger partial charge on any atom is -0.502 e. The standard InChI is InChI=1S/C15H10N2O3/c18-15-12-7-6-11(10-4-2-1-3-5-10)8-13(12)16-9-14(15)17(19)20/h1-9H,(H,16,18). The third kappa shape index (κ3) is 1.95.